The van der Waals surface area contributed by atoms with Crippen molar-refractivity contribution in [3.8, 4) is 17.1 Å². The number of tetrazole rings is 1. The molecule has 0 radical (unpaired) electrons. The topological polar surface area (TPSA) is 85.4 Å². The van der Waals surface area contributed by atoms with Crippen LogP contribution in [0.15, 0.2) is 41.6 Å². The largest absolute Gasteiger partial charge is 0.497 e. The summed E-state index contributed by atoms with van der Waals surface area (Å²) in [5, 5.41) is 25.4. The van der Waals surface area contributed by atoms with Crippen molar-refractivity contribution in [2.75, 3.05) is 7.11 Å². The summed E-state index contributed by atoms with van der Waals surface area (Å²) in [7, 11) is 1.61. The van der Waals surface area contributed by atoms with E-state index in [2.05, 4.69) is 20.6 Å². The number of oxime groups is 1. The second-order valence-electron chi connectivity index (χ2n) is 5.83. The van der Waals surface area contributed by atoms with E-state index in [1.54, 1.807) is 7.11 Å². The Bertz CT molecular complexity index is 906. The molecule has 1 N–H and O–H groups in total. The van der Waals surface area contributed by atoms with E-state index in [4.69, 9.17) is 4.74 Å². The summed E-state index contributed by atoms with van der Waals surface area (Å²) in [5.74, 6) is 1.41. The Morgan fingerprint density at radius 1 is 1.08 bits per heavy atom. The lowest BCUT2D eigenvalue weighted by Crippen LogP contribution is -2.19. The third-order valence-electron chi connectivity index (χ3n) is 3.97. The normalized spacial score (nSPS) is 11.6. The Kier molecular flexibility index (Phi) is 4.47. The van der Waals surface area contributed by atoms with Gasteiger partial charge in [0.1, 0.15) is 5.75 Å². The molecule has 0 amide bonds. The zero-order valence-electron chi connectivity index (χ0n) is 14.6. The van der Waals surface area contributed by atoms with Crippen molar-refractivity contribution in [2.24, 2.45) is 5.16 Å². The molecule has 0 saturated carbocycles. The molecule has 3 aromatic rings. The number of nitrogens with zero attached hydrogens (tertiary/aromatic N) is 5. The molecule has 1 heterocycles. The molecule has 128 valence electrons. The predicted molar refractivity (Wildman–Crippen MR) is 94.2 cm³/mol. The smallest absolute Gasteiger partial charge is 0.222 e. The van der Waals surface area contributed by atoms with Crippen molar-refractivity contribution < 1.29 is 9.94 Å². The molecule has 0 spiro atoms. The number of aromatic nitrogens is 4. The van der Waals surface area contributed by atoms with Crippen LogP contribution in [-0.2, 0) is 0 Å². The Labute approximate surface area is 145 Å². The van der Waals surface area contributed by atoms with Crippen LogP contribution in [0.4, 0.5) is 0 Å². The highest BCUT2D eigenvalue weighted by Gasteiger charge is 2.18. The molecule has 3 rings (SSSR count). The SMILES string of the molecule is COc1cc(C)c(C(=NO)n2nnc(-c3ccc(C)cc3)n2)c(C)c1. The number of aryl methyl sites for hydroxylation is 3. The average Bonchev–Trinajstić information content (AvgIpc) is 3.08. The minimum Gasteiger partial charge on any atom is -0.497 e. The molecule has 25 heavy (non-hydrogen) atoms. The van der Waals surface area contributed by atoms with E-state index in [0.29, 0.717) is 5.82 Å². The molecule has 7 nitrogen and oxygen atoms in total. The van der Waals surface area contributed by atoms with Gasteiger partial charge in [-0.05, 0) is 49.2 Å². The van der Waals surface area contributed by atoms with E-state index >= 15 is 0 Å². The highest BCUT2D eigenvalue weighted by Crippen LogP contribution is 2.23. The summed E-state index contributed by atoms with van der Waals surface area (Å²) >= 11 is 0. The molecule has 0 atom stereocenters. The number of hydrogen-bond donors (Lipinski definition) is 1. The maximum atomic E-state index is 9.55. The summed E-state index contributed by atoms with van der Waals surface area (Å²) in [4.78, 5) is 1.23. The van der Waals surface area contributed by atoms with Gasteiger partial charge in [-0.3, -0.25) is 0 Å². The Hall–Kier alpha value is -3.22. The molecular formula is C18H19N5O2. The summed E-state index contributed by atoms with van der Waals surface area (Å²) in [5.41, 5.74) is 4.50. The number of methoxy groups -OCH3 is 1. The van der Waals surface area contributed by atoms with Crippen LogP contribution in [0.2, 0.25) is 0 Å². The summed E-state index contributed by atoms with van der Waals surface area (Å²) in [6.45, 7) is 5.83. The van der Waals surface area contributed by atoms with Crippen molar-refractivity contribution in [1.29, 1.82) is 0 Å². The lowest BCUT2D eigenvalue weighted by molar-refractivity contribution is 0.315. The van der Waals surface area contributed by atoms with E-state index < -0.39 is 0 Å². The van der Waals surface area contributed by atoms with Gasteiger partial charge < -0.3 is 9.94 Å². The van der Waals surface area contributed by atoms with Crippen molar-refractivity contribution in [3.05, 3.63) is 58.7 Å². The van der Waals surface area contributed by atoms with Gasteiger partial charge in [0.25, 0.3) is 0 Å². The lowest BCUT2D eigenvalue weighted by Gasteiger charge is -2.12. The van der Waals surface area contributed by atoms with E-state index in [1.807, 2.05) is 57.2 Å². The first-order valence-corrected chi connectivity index (χ1v) is 7.78. The number of rotatable bonds is 3. The second kappa shape index (κ2) is 6.72. The van der Waals surface area contributed by atoms with Gasteiger partial charge in [-0.15, -0.1) is 15.0 Å². The van der Waals surface area contributed by atoms with Gasteiger partial charge in [0.2, 0.25) is 11.7 Å². The van der Waals surface area contributed by atoms with Gasteiger partial charge in [0, 0.05) is 11.1 Å². The third-order valence-corrected chi connectivity index (χ3v) is 3.97. The van der Waals surface area contributed by atoms with Gasteiger partial charge in [-0.1, -0.05) is 35.0 Å². The summed E-state index contributed by atoms with van der Waals surface area (Å²) in [6, 6.07) is 11.5. The molecule has 0 saturated heterocycles. The predicted octanol–water partition coefficient (Wildman–Crippen LogP) is 2.96. The van der Waals surface area contributed by atoms with Gasteiger partial charge >= 0.3 is 0 Å². The van der Waals surface area contributed by atoms with Gasteiger partial charge in [0.15, 0.2) is 0 Å². The first-order chi connectivity index (χ1) is 12.0. The minimum atomic E-state index is 0.212. The highest BCUT2D eigenvalue weighted by atomic mass is 16.5. The molecule has 0 aliphatic rings. The van der Waals surface area contributed by atoms with Crippen LogP contribution < -0.4 is 4.74 Å². The first kappa shape index (κ1) is 16.6. The minimum absolute atomic E-state index is 0.212. The van der Waals surface area contributed by atoms with E-state index in [-0.39, 0.29) is 5.84 Å². The number of hydrogen-bond acceptors (Lipinski definition) is 6. The van der Waals surface area contributed by atoms with Crippen molar-refractivity contribution in [3.63, 3.8) is 0 Å². The fraction of sp³-hybridized carbons (Fsp3) is 0.222. The van der Waals surface area contributed by atoms with Crippen molar-refractivity contribution >= 4 is 5.84 Å². The van der Waals surface area contributed by atoms with Crippen LogP contribution in [0, 0.1) is 20.8 Å². The maximum absolute atomic E-state index is 9.55. The molecule has 0 aliphatic heterocycles. The molecule has 0 unspecified atom stereocenters. The van der Waals surface area contributed by atoms with Crippen LogP contribution in [0.3, 0.4) is 0 Å². The van der Waals surface area contributed by atoms with Gasteiger partial charge in [0.05, 0.1) is 7.11 Å². The fourth-order valence-corrected chi connectivity index (χ4v) is 2.71. The maximum Gasteiger partial charge on any atom is 0.222 e. The molecular weight excluding hydrogens is 318 g/mol. The van der Waals surface area contributed by atoms with E-state index in [1.165, 1.54) is 4.80 Å². The molecule has 0 aliphatic carbocycles. The van der Waals surface area contributed by atoms with Crippen LogP contribution in [0.1, 0.15) is 22.3 Å². The van der Waals surface area contributed by atoms with Crippen LogP contribution in [-0.4, -0.2) is 38.4 Å². The fourth-order valence-electron chi connectivity index (χ4n) is 2.71. The monoisotopic (exact) mass is 337 g/mol. The third kappa shape index (κ3) is 3.21. The van der Waals surface area contributed by atoms with Gasteiger partial charge in [-0.25, -0.2) is 0 Å². The Morgan fingerprint density at radius 2 is 1.72 bits per heavy atom. The van der Waals surface area contributed by atoms with E-state index in [9.17, 15) is 5.21 Å². The molecule has 0 fully saturated rings. The molecule has 1 aromatic heterocycles. The van der Waals surface area contributed by atoms with E-state index in [0.717, 1.165) is 33.6 Å². The lowest BCUT2D eigenvalue weighted by atomic mass is 10.0. The van der Waals surface area contributed by atoms with Crippen LogP contribution >= 0.6 is 0 Å². The summed E-state index contributed by atoms with van der Waals surface area (Å²) in [6.07, 6.45) is 0. The molecule has 7 heteroatoms. The molecule has 2 aromatic carbocycles. The van der Waals surface area contributed by atoms with Crippen LogP contribution in [0.25, 0.3) is 11.4 Å². The Morgan fingerprint density at radius 3 is 2.28 bits per heavy atom. The van der Waals surface area contributed by atoms with Crippen LogP contribution in [0.5, 0.6) is 5.75 Å². The summed E-state index contributed by atoms with van der Waals surface area (Å²) < 4.78 is 5.27. The number of ether oxygens (including phenoxy) is 1. The molecule has 0 bridgehead atoms. The first-order valence-electron chi connectivity index (χ1n) is 7.78. The van der Waals surface area contributed by atoms with Gasteiger partial charge in [-0.2, -0.15) is 0 Å². The second-order valence-corrected chi connectivity index (χ2v) is 5.83. The zero-order chi connectivity index (χ0) is 18.0. The highest BCUT2D eigenvalue weighted by molar-refractivity contribution is 6.01. The zero-order valence-corrected chi connectivity index (χ0v) is 14.6. The number of benzene rings is 2. The average molecular weight is 337 g/mol. The van der Waals surface area contributed by atoms with Crippen molar-refractivity contribution in [2.45, 2.75) is 20.8 Å². The van der Waals surface area contributed by atoms with Crippen molar-refractivity contribution in [1.82, 2.24) is 20.2 Å². The Balaban J connectivity index is 2.02. The standard InChI is InChI=1S/C18H19N5O2/c1-11-5-7-14(8-6-11)17-19-22-23(20-17)18(21-24)16-12(2)9-15(25-4)10-13(16)3/h5-10,24H,1-4H3. The quantitative estimate of drug-likeness (QED) is 0.344.